The normalized spacial score (nSPS) is 14.8. The number of benzene rings is 1. The van der Waals surface area contributed by atoms with Crippen LogP contribution in [0.5, 0.6) is 0 Å². The molecule has 2 aromatic rings. The average Bonchev–Trinajstić information content (AvgIpc) is 3.12. The second-order valence-corrected chi connectivity index (χ2v) is 8.76. The Balaban J connectivity index is 1.85. The van der Waals surface area contributed by atoms with Crippen molar-refractivity contribution in [2.75, 3.05) is 6.26 Å². The van der Waals surface area contributed by atoms with Crippen LogP contribution >= 0.6 is 11.3 Å². The fourth-order valence-electron chi connectivity index (χ4n) is 2.58. The van der Waals surface area contributed by atoms with Crippen molar-refractivity contribution in [2.24, 2.45) is 0 Å². The minimum Gasteiger partial charge on any atom is -0.289 e. The summed E-state index contributed by atoms with van der Waals surface area (Å²) in [5.74, 6) is -0.580. The maximum atomic E-state index is 11.8. The van der Waals surface area contributed by atoms with E-state index in [4.69, 9.17) is 5.21 Å². The molecule has 2 rings (SSSR count). The lowest BCUT2D eigenvalue weighted by Gasteiger charge is -2.24. The Labute approximate surface area is 149 Å². The number of aryl methyl sites for hydroxylation is 1. The molecule has 1 aromatic carbocycles. The van der Waals surface area contributed by atoms with Crippen molar-refractivity contribution < 1.29 is 14.2 Å². The zero-order chi connectivity index (χ0) is 17.6. The van der Waals surface area contributed by atoms with E-state index in [1.807, 2.05) is 6.07 Å². The third-order valence-electron chi connectivity index (χ3n) is 4.35. The van der Waals surface area contributed by atoms with Gasteiger partial charge in [-0.15, -0.1) is 11.3 Å². The number of amides is 1. The van der Waals surface area contributed by atoms with E-state index in [0.717, 1.165) is 19.3 Å². The minimum absolute atomic E-state index is 0.482. The Morgan fingerprint density at radius 1 is 1.25 bits per heavy atom. The Hall–Kier alpha value is -1.50. The number of nitrogens with one attached hydrogen (secondary N) is 1. The highest BCUT2D eigenvalue weighted by Gasteiger charge is 2.36. The predicted molar refractivity (Wildman–Crippen MR) is 99.7 cm³/mol. The van der Waals surface area contributed by atoms with Gasteiger partial charge < -0.3 is 0 Å². The van der Waals surface area contributed by atoms with Gasteiger partial charge in [0.25, 0.3) is 5.91 Å². The van der Waals surface area contributed by atoms with Crippen LogP contribution < -0.4 is 5.48 Å². The number of rotatable bonds is 8. The lowest BCUT2D eigenvalue weighted by atomic mass is 9.99. The first-order chi connectivity index (χ1) is 11.5. The molecule has 2 N–H and O–H groups in total. The van der Waals surface area contributed by atoms with Crippen LogP contribution in [0.25, 0.3) is 10.4 Å². The van der Waals surface area contributed by atoms with Crippen LogP contribution in [0, 0.1) is 0 Å². The SMILES string of the molecule is CS(=O)C(C)(CCCCc1ccc(-c2cccs2)cc1)C(=O)NO. The van der Waals surface area contributed by atoms with Gasteiger partial charge in [-0.2, -0.15) is 0 Å². The summed E-state index contributed by atoms with van der Waals surface area (Å²) in [4.78, 5) is 13.0. The Morgan fingerprint density at radius 3 is 2.50 bits per heavy atom. The van der Waals surface area contributed by atoms with Crippen molar-refractivity contribution in [1.82, 2.24) is 5.48 Å². The average molecular weight is 366 g/mol. The summed E-state index contributed by atoms with van der Waals surface area (Å²) in [7, 11) is -1.34. The van der Waals surface area contributed by atoms with E-state index in [2.05, 4.69) is 35.7 Å². The summed E-state index contributed by atoms with van der Waals surface area (Å²) in [6.45, 7) is 1.63. The third kappa shape index (κ3) is 4.53. The topological polar surface area (TPSA) is 66.4 Å². The first-order valence-corrected chi connectivity index (χ1v) is 10.3. The van der Waals surface area contributed by atoms with E-state index in [1.165, 1.54) is 22.3 Å². The van der Waals surface area contributed by atoms with Crippen LogP contribution in [-0.4, -0.2) is 26.3 Å². The Kier molecular flexibility index (Phi) is 6.71. The van der Waals surface area contributed by atoms with Gasteiger partial charge in [-0.25, -0.2) is 5.48 Å². The second kappa shape index (κ2) is 8.55. The number of hydroxylamine groups is 1. The maximum absolute atomic E-state index is 11.8. The molecule has 0 aliphatic heterocycles. The van der Waals surface area contributed by atoms with Gasteiger partial charge in [0.2, 0.25) is 0 Å². The molecular weight excluding hydrogens is 342 g/mol. The van der Waals surface area contributed by atoms with Gasteiger partial charge in [-0.1, -0.05) is 36.8 Å². The summed E-state index contributed by atoms with van der Waals surface area (Å²) >= 11 is 1.73. The van der Waals surface area contributed by atoms with E-state index in [1.54, 1.807) is 23.7 Å². The van der Waals surface area contributed by atoms with Crippen LogP contribution in [0.3, 0.4) is 0 Å². The van der Waals surface area contributed by atoms with Crippen LogP contribution in [-0.2, 0) is 22.0 Å². The lowest BCUT2D eigenvalue weighted by Crippen LogP contribution is -2.46. The highest BCUT2D eigenvalue weighted by atomic mass is 32.2. The lowest BCUT2D eigenvalue weighted by molar-refractivity contribution is -0.131. The standard InChI is InChI=1S/C18H23NO3S2/c1-18(24(2)22,17(20)19-21)12-4-3-6-14-8-10-15(11-9-14)16-7-5-13-23-16/h5,7-11,13,21H,3-4,6,12H2,1-2H3,(H,19,20). The molecule has 0 spiro atoms. The van der Waals surface area contributed by atoms with Crippen molar-refractivity contribution in [1.29, 1.82) is 0 Å². The summed E-state index contributed by atoms with van der Waals surface area (Å²) in [6.07, 6.45) is 4.58. The molecule has 0 bridgehead atoms. The number of thiophene rings is 1. The molecule has 0 radical (unpaired) electrons. The molecule has 130 valence electrons. The zero-order valence-electron chi connectivity index (χ0n) is 14.0. The molecule has 6 heteroatoms. The van der Waals surface area contributed by atoms with Crippen LogP contribution in [0.2, 0.25) is 0 Å². The van der Waals surface area contributed by atoms with Gasteiger partial charge in [0.05, 0.1) is 0 Å². The van der Waals surface area contributed by atoms with Gasteiger partial charge in [0.15, 0.2) is 0 Å². The van der Waals surface area contributed by atoms with Crippen LogP contribution in [0.15, 0.2) is 41.8 Å². The van der Waals surface area contributed by atoms with Crippen LogP contribution in [0.4, 0.5) is 0 Å². The molecule has 0 saturated carbocycles. The number of hydrogen-bond donors (Lipinski definition) is 2. The summed E-state index contributed by atoms with van der Waals surface area (Å²) < 4.78 is 10.8. The van der Waals surface area contributed by atoms with Crippen molar-refractivity contribution in [3.05, 3.63) is 47.3 Å². The summed E-state index contributed by atoms with van der Waals surface area (Å²) in [6, 6.07) is 12.7. The Bertz CT molecular complexity index is 683. The van der Waals surface area contributed by atoms with E-state index >= 15 is 0 Å². The molecule has 1 amide bonds. The molecule has 0 aliphatic carbocycles. The number of carbonyl (C=O) groups excluding carboxylic acids is 1. The molecule has 24 heavy (non-hydrogen) atoms. The monoisotopic (exact) mass is 365 g/mol. The second-order valence-electron chi connectivity index (χ2n) is 6.01. The predicted octanol–water partition coefficient (Wildman–Crippen LogP) is 3.77. The van der Waals surface area contributed by atoms with Crippen molar-refractivity contribution in [2.45, 2.75) is 37.4 Å². The minimum atomic E-state index is -1.34. The molecule has 2 unspecified atom stereocenters. The summed E-state index contributed by atoms with van der Waals surface area (Å²) in [5.41, 5.74) is 4.11. The van der Waals surface area contributed by atoms with E-state index in [-0.39, 0.29) is 0 Å². The van der Waals surface area contributed by atoms with E-state index < -0.39 is 21.5 Å². The molecule has 1 heterocycles. The van der Waals surface area contributed by atoms with Crippen molar-refractivity contribution in [3.63, 3.8) is 0 Å². The van der Waals surface area contributed by atoms with E-state index in [9.17, 15) is 9.00 Å². The number of carbonyl (C=O) groups is 1. The first kappa shape index (κ1) is 18.8. The van der Waals surface area contributed by atoms with Gasteiger partial charge >= 0.3 is 0 Å². The Morgan fingerprint density at radius 2 is 1.96 bits per heavy atom. The highest BCUT2D eigenvalue weighted by Crippen LogP contribution is 2.25. The maximum Gasteiger partial charge on any atom is 0.261 e. The van der Waals surface area contributed by atoms with Gasteiger partial charge in [0.1, 0.15) is 4.75 Å². The first-order valence-electron chi connectivity index (χ1n) is 7.88. The summed E-state index contributed by atoms with van der Waals surface area (Å²) in [5, 5.41) is 10.9. The molecule has 1 aromatic heterocycles. The zero-order valence-corrected chi connectivity index (χ0v) is 15.6. The molecule has 0 saturated heterocycles. The molecule has 0 aliphatic rings. The quantitative estimate of drug-likeness (QED) is 0.425. The van der Waals surface area contributed by atoms with Crippen molar-refractivity contribution in [3.8, 4) is 10.4 Å². The van der Waals surface area contributed by atoms with Gasteiger partial charge in [-0.3, -0.25) is 14.2 Å². The van der Waals surface area contributed by atoms with Gasteiger partial charge in [-0.05, 0) is 48.8 Å². The fourth-order valence-corrected chi connectivity index (χ4v) is 4.05. The molecular formula is C18H23NO3S2. The molecule has 4 nitrogen and oxygen atoms in total. The third-order valence-corrected chi connectivity index (χ3v) is 6.92. The van der Waals surface area contributed by atoms with Gasteiger partial charge in [0, 0.05) is 21.9 Å². The smallest absolute Gasteiger partial charge is 0.261 e. The van der Waals surface area contributed by atoms with Crippen molar-refractivity contribution >= 4 is 28.0 Å². The fraction of sp³-hybridized carbons (Fsp3) is 0.389. The number of hydrogen-bond acceptors (Lipinski definition) is 4. The van der Waals surface area contributed by atoms with Crippen LogP contribution in [0.1, 0.15) is 31.7 Å². The molecule has 0 fully saturated rings. The number of unbranched alkanes of at least 4 members (excludes halogenated alkanes) is 1. The van der Waals surface area contributed by atoms with E-state index in [0.29, 0.717) is 6.42 Å². The highest BCUT2D eigenvalue weighted by molar-refractivity contribution is 7.86. The molecule has 2 atom stereocenters. The largest absolute Gasteiger partial charge is 0.289 e.